The summed E-state index contributed by atoms with van der Waals surface area (Å²) in [6.07, 6.45) is -0.211. The number of rotatable bonds is 8. The van der Waals surface area contributed by atoms with E-state index in [9.17, 15) is 14.4 Å². The van der Waals surface area contributed by atoms with Crippen LogP contribution in [0, 0.1) is 0 Å². The number of amides is 2. The van der Waals surface area contributed by atoms with E-state index in [0.717, 1.165) is 5.56 Å². The van der Waals surface area contributed by atoms with E-state index in [1.54, 1.807) is 13.8 Å². The molecule has 7 heteroatoms. The molecule has 0 heterocycles. The lowest BCUT2D eigenvalue weighted by Gasteiger charge is -2.19. The lowest BCUT2D eigenvalue weighted by Crippen LogP contribution is -2.41. The molecule has 7 nitrogen and oxygen atoms in total. The van der Waals surface area contributed by atoms with E-state index >= 15 is 0 Å². The van der Waals surface area contributed by atoms with Crippen LogP contribution >= 0.6 is 0 Å². The summed E-state index contributed by atoms with van der Waals surface area (Å²) < 4.78 is 5.12. The van der Waals surface area contributed by atoms with Gasteiger partial charge in [-0.25, -0.2) is 0 Å². The maximum Gasteiger partial charge on any atom is 0.308 e. The highest BCUT2D eigenvalue weighted by molar-refractivity contribution is 5.86. The molecule has 0 aliphatic heterocycles. The largest absolute Gasteiger partial charge is 0.463 e. The maximum atomic E-state index is 11.9. The van der Waals surface area contributed by atoms with Gasteiger partial charge in [0.2, 0.25) is 11.8 Å². The molecule has 4 N–H and O–H groups in total. The highest BCUT2D eigenvalue weighted by atomic mass is 16.5. The zero-order valence-corrected chi connectivity index (χ0v) is 13.4. The van der Waals surface area contributed by atoms with Gasteiger partial charge in [0.05, 0.1) is 31.7 Å². The van der Waals surface area contributed by atoms with Crippen LogP contribution in [0.5, 0.6) is 0 Å². The molecular formula is C16H23N3O4. The molecule has 1 aromatic rings. The van der Waals surface area contributed by atoms with Crippen LogP contribution in [0.3, 0.4) is 0 Å². The molecule has 2 amide bonds. The van der Waals surface area contributed by atoms with Crippen LogP contribution in [-0.2, 0) is 19.1 Å². The fourth-order valence-corrected chi connectivity index (χ4v) is 1.91. The number of esters is 1. The number of carbonyl (C=O) groups excluding carboxylic acids is 3. The Kier molecular flexibility index (Phi) is 7.76. The van der Waals surface area contributed by atoms with Gasteiger partial charge < -0.3 is 21.1 Å². The first-order chi connectivity index (χ1) is 10.9. The van der Waals surface area contributed by atoms with Crippen molar-refractivity contribution in [3.05, 3.63) is 35.9 Å². The van der Waals surface area contributed by atoms with Gasteiger partial charge in [-0.2, -0.15) is 0 Å². The first-order valence-corrected chi connectivity index (χ1v) is 7.43. The molecule has 0 aliphatic carbocycles. The Morgan fingerprint density at radius 2 is 1.78 bits per heavy atom. The second-order valence-corrected chi connectivity index (χ2v) is 5.25. The second kappa shape index (κ2) is 9.58. The molecule has 1 rings (SSSR count). The summed E-state index contributed by atoms with van der Waals surface area (Å²) in [5.74, 6) is -1.23. The third-order valence-corrected chi connectivity index (χ3v) is 2.91. The van der Waals surface area contributed by atoms with Crippen molar-refractivity contribution in [2.24, 2.45) is 5.73 Å². The minimum Gasteiger partial charge on any atom is -0.463 e. The lowest BCUT2D eigenvalue weighted by atomic mass is 10.0. The second-order valence-electron chi connectivity index (χ2n) is 5.25. The molecule has 1 aromatic carbocycles. The molecule has 0 radical (unpaired) electrons. The minimum absolute atomic E-state index is 0.0127. The molecule has 1 atom stereocenters. The Hall–Kier alpha value is -2.41. The standard InChI is InChI=1S/C16H23N3O4/c1-11(2)23-16(22)8-13(12-6-4-3-5-7-12)19-15(21)10-18-14(20)9-17/h3-7,11,13H,8-10,17H2,1-2H3,(H,18,20)(H,19,21). The van der Waals surface area contributed by atoms with Crippen molar-refractivity contribution in [1.82, 2.24) is 10.6 Å². The van der Waals surface area contributed by atoms with E-state index in [2.05, 4.69) is 10.6 Å². The molecule has 1 unspecified atom stereocenters. The Morgan fingerprint density at radius 1 is 1.13 bits per heavy atom. The summed E-state index contributed by atoms with van der Waals surface area (Å²) >= 11 is 0. The smallest absolute Gasteiger partial charge is 0.308 e. The van der Waals surface area contributed by atoms with Gasteiger partial charge in [-0.3, -0.25) is 14.4 Å². The first-order valence-electron chi connectivity index (χ1n) is 7.43. The van der Waals surface area contributed by atoms with Gasteiger partial charge in [0.25, 0.3) is 0 Å². The summed E-state index contributed by atoms with van der Waals surface area (Å²) in [6.45, 7) is 3.14. The quantitative estimate of drug-likeness (QED) is 0.595. The molecule has 0 saturated heterocycles. The molecule has 0 bridgehead atoms. The number of hydrogen-bond acceptors (Lipinski definition) is 5. The molecule has 0 aromatic heterocycles. The number of carbonyl (C=O) groups is 3. The fraction of sp³-hybridized carbons (Fsp3) is 0.438. The van der Waals surface area contributed by atoms with Crippen molar-refractivity contribution in [2.45, 2.75) is 32.4 Å². The summed E-state index contributed by atoms with van der Waals surface area (Å²) in [6, 6.07) is 8.58. The summed E-state index contributed by atoms with van der Waals surface area (Å²) in [7, 11) is 0. The van der Waals surface area contributed by atoms with E-state index in [1.807, 2.05) is 30.3 Å². The normalized spacial score (nSPS) is 11.7. The zero-order valence-electron chi connectivity index (χ0n) is 13.4. The molecule has 23 heavy (non-hydrogen) atoms. The topological polar surface area (TPSA) is 111 Å². The van der Waals surface area contributed by atoms with Crippen LogP contribution in [0.1, 0.15) is 31.9 Å². The summed E-state index contributed by atoms with van der Waals surface area (Å²) in [5, 5.41) is 5.10. The summed E-state index contributed by atoms with van der Waals surface area (Å²) in [4.78, 5) is 34.9. The van der Waals surface area contributed by atoms with Crippen LogP contribution in [0.25, 0.3) is 0 Å². The molecule has 126 valence electrons. The average Bonchev–Trinajstić information content (AvgIpc) is 2.52. The fourth-order valence-electron chi connectivity index (χ4n) is 1.91. The Labute approximate surface area is 135 Å². The van der Waals surface area contributed by atoms with Crippen molar-refractivity contribution >= 4 is 17.8 Å². The van der Waals surface area contributed by atoms with E-state index < -0.39 is 23.8 Å². The number of benzene rings is 1. The predicted molar refractivity (Wildman–Crippen MR) is 85.2 cm³/mol. The van der Waals surface area contributed by atoms with Crippen LogP contribution in [-0.4, -0.2) is 37.0 Å². The number of nitrogens with one attached hydrogen (secondary N) is 2. The van der Waals surface area contributed by atoms with E-state index in [1.165, 1.54) is 0 Å². The molecular weight excluding hydrogens is 298 g/mol. The van der Waals surface area contributed by atoms with Crippen LogP contribution in [0.15, 0.2) is 30.3 Å². The van der Waals surface area contributed by atoms with E-state index in [-0.39, 0.29) is 25.6 Å². The van der Waals surface area contributed by atoms with Gasteiger partial charge in [-0.15, -0.1) is 0 Å². The number of nitrogens with two attached hydrogens (primary N) is 1. The molecule has 0 aliphatic rings. The molecule has 0 spiro atoms. The predicted octanol–water partition coefficient (Wildman–Crippen LogP) is 0.261. The van der Waals surface area contributed by atoms with Gasteiger partial charge >= 0.3 is 5.97 Å². The highest BCUT2D eigenvalue weighted by Crippen LogP contribution is 2.17. The number of hydrogen-bond donors (Lipinski definition) is 3. The van der Waals surface area contributed by atoms with E-state index in [4.69, 9.17) is 10.5 Å². The maximum absolute atomic E-state index is 11.9. The van der Waals surface area contributed by atoms with Gasteiger partial charge in [-0.1, -0.05) is 30.3 Å². The van der Waals surface area contributed by atoms with Crippen molar-refractivity contribution in [1.29, 1.82) is 0 Å². The third-order valence-electron chi connectivity index (χ3n) is 2.91. The molecule has 0 saturated carbocycles. The first kappa shape index (κ1) is 18.6. The van der Waals surface area contributed by atoms with Gasteiger partial charge in [0.15, 0.2) is 0 Å². The lowest BCUT2D eigenvalue weighted by molar-refractivity contribution is -0.148. The van der Waals surface area contributed by atoms with Gasteiger partial charge in [0, 0.05) is 0 Å². The average molecular weight is 321 g/mol. The monoisotopic (exact) mass is 321 g/mol. The van der Waals surface area contributed by atoms with Crippen LogP contribution < -0.4 is 16.4 Å². The third kappa shape index (κ3) is 7.42. The minimum atomic E-state index is -0.523. The SMILES string of the molecule is CC(C)OC(=O)CC(NC(=O)CNC(=O)CN)c1ccccc1. The Bertz CT molecular complexity index is 531. The van der Waals surface area contributed by atoms with Gasteiger partial charge in [0.1, 0.15) is 0 Å². The van der Waals surface area contributed by atoms with Gasteiger partial charge in [-0.05, 0) is 19.4 Å². The van der Waals surface area contributed by atoms with Crippen molar-refractivity contribution in [3.8, 4) is 0 Å². The highest BCUT2D eigenvalue weighted by Gasteiger charge is 2.20. The number of ether oxygens (including phenoxy) is 1. The van der Waals surface area contributed by atoms with Crippen LogP contribution in [0.2, 0.25) is 0 Å². The van der Waals surface area contributed by atoms with Crippen LogP contribution in [0.4, 0.5) is 0 Å². The summed E-state index contributed by atoms with van der Waals surface area (Å²) in [5.41, 5.74) is 5.94. The molecule has 0 fully saturated rings. The van der Waals surface area contributed by atoms with Crippen molar-refractivity contribution in [2.75, 3.05) is 13.1 Å². The Balaban J connectivity index is 2.70. The zero-order chi connectivity index (χ0) is 17.2. The van der Waals surface area contributed by atoms with E-state index in [0.29, 0.717) is 0 Å². The Morgan fingerprint density at radius 3 is 2.35 bits per heavy atom. The van der Waals surface area contributed by atoms with Crippen molar-refractivity contribution < 1.29 is 19.1 Å². The van der Waals surface area contributed by atoms with Crippen molar-refractivity contribution in [3.63, 3.8) is 0 Å².